The van der Waals surface area contributed by atoms with E-state index in [0.717, 1.165) is 32.7 Å². The Labute approximate surface area is 174 Å². The van der Waals surface area contributed by atoms with Gasteiger partial charge in [0.05, 0.1) is 11.5 Å². The molecule has 0 atom stereocenters. The molecule has 1 saturated heterocycles. The molecule has 1 aliphatic heterocycles. The lowest BCUT2D eigenvalue weighted by molar-refractivity contribution is -0.384. The molecule has 1 aliphatic rings. The SMILES string of the molecule is O=[N+]([O-])c1ccc(-c2noc(CN3CCN(C/C=C/c4ccccc4)CC3)n2)cc1. The fourth-order valence-electron chi connectivity index (χ4n) is 3.39. The van der Waals surface area contributed by atoms with Crippen molar-refractivity contribution in [2.75, 3.05) is 32.7 Å². The number of aromatic nitrogens is 2. The number of benzene rings is 2. The summed E-state index contributed by atoms with van der Waals surface area (Å²) >= 11 is 0. The lowest BCUT2D eigenvalue weighted by Crippen LogP contribution is -2.45. The predicted octanol–water partition coefficient (Wildman–Crippen LogP) is 3.48. The highest BCUT2D eigenvalue weighted by atomic mass is 16.6. The van der Waals surface area contributed by atoms with Crippen LogP contribution in [0.15, 0.2) is 65.2 Å². The average Bonchev–Trinajstić information content (AvgIpc) is 3.24. The molecule has 4 rings (SSSR count). The zero-order valence-corrected chi connectivity index (χ0v) is 16.6. The Morgan fingerprint density at radius 2 is 1.70 bits per heavy atom. The second-order valence-electron chi connectivity index (χ2n) is 7.21. The lowest BCUT2D eigenvalue weighted by Gasteiger charge is -2.33. The summed E-state index contributed by atoms with van der Waals surface area (Å²) in [5.74, 6) is 1.00. The first-order valence-corrected chi connectivity index (χ1v) is 9.91. The van der Waals surface area contributed by atoms with E-state index in [4.69, 9.17) is 4.52 Å². The summed E-state index contributed by atoms with van der Waals surface area (Å²) in [5.41, 5.74) is 1.96. The highest BCUT2D eigenvalue weighted by Gasteiger charge is 2.19. The van der Waals surface area contributed by atoms with Crippen LogP contribution in [0.2, 0.25) is 0 Å². The molecule has 0 saturated carbocycles. The summed E-state index contributed by atoms with van der Waals surface area (Å²) in [5, 5.41) is 14.8. The number of nitro groups is 1. The van der Waals surface area contributed by atoms with Crippen molar-refractivity contribution in [3.05, 3.63) is 82.2 Å². The third-order valence-corrected chi connectivity index (χ3v) is 5.10. The number of rotatable bonds is 7. The molecule has 0 amide bonds. The number of hydrogen-bond donors (Lipinski definition) is 0. The first kappa shape index (κ1) is 19.9. The van der Waals surface area contributed by atoms with Gasteiger partial charge in [0.1, 0.15) is 0 Å². The van der Waals surface area contributed by atoms with Crippen LogP contribution in [0.3, 0.4) is 0 Å². The highest BCUT2D eigenvalue weighted by molar-refractivity contribution is 5.56. The Balaban J connectivity index is 1.25. The van der Waals surface area contributed by atoms with Gasteiger partial charge in [-0.2, -0.15) is 4.98 Å². The molecule has 0 radical (unpaired) electrons. The van der Waals surface area contributed by atoms with Crippen molar-refractivity contribution in [3.63, 3.8) is 0 Å². The molecule has 0 spiro atoms. The van der Waals surface area contributed by atoms with E-state index >= 15 is 0 Å². The molecule has 8 nitrogen and oxygen atoms in total. The first-order chi connectivity index (χ1) is 14.7. The minimum atomic E-state index is -0.428. The van der Waals surface area contributed by atoms with Crippen LogP contribution >= 0.6 is 0 Å². The molecule has 1 aromatic heterocycles. The molecule has 0 bridgehead atoms. The largest absolute Gasteiger partial charge is 0.338 e. The topological polar surface area (TPSA) is 88.5 Å². The van der Waals surface area contributed by atoms with Gasteiger partial charge in [-0.1, -0.05) is 47.6 Å². The van der Waals surface area contributed by atoms with Crippen molar-refractivity contribution in [1.29, 1.82) is 0 Å². The number of hydrogen-bond acceptors (Lipinski definition) is 7. The molecule has 0 aliphatic carbocycles. The standard InChI is InChI=1S/C22H23N5O3/c28-27(29)20-10-8-19(9-11-20)22-23-21(30-24-22)17-26-15-13-25(14-16-26)12-4-7-18-5-2-1-3-6-18/h1-11H,12-17H2/b7-4+. The lowest BCUT2D eigenvalue weighted by atomic mass is 10.2. The molecule has 2 heterocycles. The number of non-ortho nitro benzene ring substituents is 1. The quantitative estimate of drug-likeness (QED) is 0.439. The van der Waals surface area contributed by atoms with Crippen LogP contribution in [0.5, 0.6) is 0 Å². The number of nitrogens with zero attached hydrogens (tertiary/aromatic N) is 5. The van der Waals surface area contributed by atoms with Crippen molar-refractivity contribution in [3.8, 4) is 11.4 Å². The Morgan fingerprint density at radius 3 is 2.40 bits per heavy atom. The second kappa shape index (κ2) is 9.43. The third-order valence-electron chi connectivity index (χ3n) is 5.10. The van der Waals surface area contributed by atoms with Gasteiger partial charge in [-0.25, -0.2) is 0 Å². The summed E-state index contributed by atoms with van der Waals surface area (Å²) in [6, 6.07) is 16.5. The summed E-state index contributed by atoms with van der Waals surface area (Å²) in [6.07, 6.45) is 4.37. The van der Waals surface area contributed by atoms with E-state index in [9.17, 15) is 10.1 Å². The van der Waals surface area contributed by atoms with E-state index in [1.807, 2.05) is 18.2 Å². The molecule has 1 fully saturated rings. The van der Waals surface area contributed by atoms with Gasteiger partial charge < -0.3 is 4.52 Å². The second-order valence-corrected chi connectivity index (χ2v) is 7.21. The van der Waals surface area contributed by atoms with Crippen LogP contribution in [0.4, 0.5) is 5.69 Å². The maximum atomic E-state index is 10.8. The van der Waals surface area contributed by atoms with Gasteiger partial charge in [0.15, 0.2) is 0 Å². The maximum absolute atomic E-state index is 10.8. The van der Waals surface area contributed by atoms with E-state index in [1.165, 1.54) is 17.7 Å². The monoisotopic (exact) mass is 405 g/mol. The molecule has 0 N–H and O–H groups in total. The van der Waals surface area contributed by atoms with E-state index < -0.39 is 4.92 Å². The van der Waals surface area contributed by atoms with Crippen LogP contribution in [0, 0.1) is 10.1 Å². The fraction of sp³-hybridized carbons (Fsp3) is 0.273. The van der Waals surface area contributed by atoms with Gasteiger partial charge in [-0.3, -0.25) is 19.9 Å². The van der Waals surface area contributed by atoms with Crippen LogP contribution < -0.4 is 0 Å². The Kier molecular flexibility index (Phi) is 6.26. The Hall–Kier alpha value is -3.36. The highest BCUT2D eigenvalue weighted by Crippen LogP contribution is 2.20. The van der Waals surface area contributed by atoms with Crippen LogP contribution in [0.25, 0.3) is 17.5 Å². The Morgan fingerprint density at radius 1 is 1.00 bits per heavy atom. The van der Waals surface area contributed by atoms with Crippen molar-refractivity contribution < 1.29 is 9.45 Å². The summed E-state index contributed by atoms with van der Waals surface area (Å²) in [6.45, 7) is 5.40. The van der Waals surface area contributed by atoms with Crippen molar-refractivity contribution >= 4 is 11.8 Å². The molecule has 154 valence electrons. The van der Waals surface area contributed by atoms with E-state index in [0.29, 0.717) is 23.8 Å². The Bertz CT molecular complexity index is 993. The number of nitro benzene ring substituents is 1. The van der Waals surface area contributed by atoms with Gasteiger partial charge >= 0.3 is 0 Å². The first-order valence-electron chi connectivity index (χ1n) is 9.91. The summed E-state index contributed by atoms with van der Waals surface area (Å²) in [4.78, 5) is 19.5. The third kappa shape index (κ3) is 5.16. The predicted molar refractivity (Wildman–Crippen MR) is 114 cm³/mol. The molecule has 0 unspecified atom stereocenters. The minimum Gasteiger partial charge on any atom is -0.338 e. The molecule has 3 aromatic rings. The normalized spacial score (nSPS) is 15.6. The van der Waals surface area contributed by atoms with Crippen LogP contribution in [-0.4, -0.2) is 57.6 Å². The van der Waals surface area contributed by atoms with Gasteiger partial charge in [-0.05, 0) is 17.7 Å². The van der Waals surface area contributed by atoms with E-state index in [1.54, 1.807) is 12.1 Å². The molecular formula is C22H23N5O3. The fourth-order valence-corrected chi connectivity index (χ4v) is 3.39. The van der Waals surface area contributed by atoms with Crippen molar-refractivity contribution in [2.45, 2.75) is 6.54 Å². The summed E-state index contributed by atoms with van der Waals surface area (Å²) < 4.78 is 5.38. The van der Waals surface area contributed by atoms with Gasteiger partial charge in [0.25, 0.3) is 5.69 Å². The maximum Gasteiger partial charge on any atom is 0.269 e. The van der Waals surface area contributed by atoms with E-state index in [-0.39, 0.29) is 5.69 Å². The average molecular weight is 405 g/mol. The zero-order valence-electron chi connectivity index (χ0n) is 16.6. The molecular weight excluding hydrogens is 382 g/mol. The number of piperazine rings is 1. The van der Waals surface area contributed by atoms with Gasteiger partial charge in [0.2, 0.25) is 11.7 Å². The molecule has 30 heavy (non-hydrogen) atoms. The van der Waals surface area contributed by atoms with Crippen LogP contribution in [-0.2, 0) is 6.54 Å². The summed E-state index contributed by atoms with van der Waals surface area (Å²) in [7, 11) is 0. The van der Waals surface area contributed by atoms with E-state index in [2.05, 4.69) is 44.2 Å². The van der Waals surface area contributed by atoms with Crippen LogP contribution in [0.1, 0.15) is 11.5 Å². The zero-order chi connectivity index (χ0) is 20.8. The minimum absolute atomic E-state index is 0.0407. The van der Waals surface area contributed by atoms with Gasteiger partial charge in [-0.15, -0.1) is 0 Å². The molecule has 2 aromatic carbocycles. The smallest absolute Gasteiger partial charge is 0.269 e. The van der Waals surface area contributed by atoms with Gasteiger partial charge in [0, 0.05) is 50.4 Å². The van der Waals surface area contributed by atoms with Crippen molar-refractivity contribution in [2.24, 2.45) is 0 Å². The van der Waals surface area contributed by atoms with Crippen molar-refractivity contribution in [1.82, 2.24) is 19.9 Å². The molecule has 8 heteroatoms.